The number of carboxylic acid groups (broad SMARTS) is 5. The van der Waals surface area contributed by atoms with Crippen molar-refractivity contribution in [3.8, 4) is 0 Å². The zero-order valence-corrected chi connectivity index (χ0v) is 17.2. The normalized spacial score (nSPS) is 12.1. The molecule has 1 atom stereocenters. The third kappa shape index (κ3) is 16.7. The summed E-state index contributed by atoms with van der Waals surface area (Å²) in [5.41, 5.74) is 0. The molecular weight excluding hydrogens is 418 g/mol. The van der Waals surface area contributed by atoms with Crippen molar-refractivity contribution in [2.24, 2.45) is 0 Å². The Bertz CT molecular complexity index is 581. The van der Waals surface area contributed by atoms with Gasteiger partial charge in [0.15, 0.2) is 0 Å². The summed E-state index contributed by atoms with van der Waals surface area (Å²) in [5.74, 6) is -5.59. The minimum atomic E-state index is -1.14. The predicted molar refractivity (Wildman–Crippen MR) is 106 cm³/mol. The Morgan fingerprint density at radius 3 is 1.35 bits per heavy atom. The van der Waals surface area contributed by atoms with Crippen LogP contribution in [0.3, 0.4) is 0 Å². The molecule has 0 fully saturated rings. The summed E-state index contributed by atoms with van der Waals surface area (Å²) >= 11 is 0. The largest absolute Gasteiger partial charge is 0.480 e. The number of unbranched alkanes of at least 4 members (excludes halogenated alkanes) is 2. The van der Waals surface area contributed by atoms with Crippen molar-refractivity contribution >= 4 is 29.8 Å². The molecule has 0 aliphatic heterocycles. The molecule has 178 valence electrons. The van der Waals surface area contributed by atoms with E-state index in [1.54, 1.807) is 0 Å². The maximum atomic E-state index is 11.4. The lowest BCUT2D eigenvalue weighted by Gasteiger charge is -2.19. The molecular formula is C18H31N3O10. The number of nitrogens with one attached hydrogen (secondary N) is 1. The van der Waals surface area contributed by atoms with E-state index in [2.05, 4.69) is 5.32 Å². The number of nitrogens with zero attached hydrogens (tertiary/aromatic N) is 2. The molecule has 0 spiro atoms. The molecule has 1 unspecified atom stereocenters. The summed E-state index contributed by atoms with van der Waals surface area (Å²) in [7, 11) is 0. The van der Waals surface area contributed by atoms with Crippen molar-refractivity contribution in [1.82, 2.24) is 15.1 Å². The van der Waals surface area contributed by atoms with Crippen LogP contribution in [-0.4, -0.2) is 117 Å². The van der Waals surface area contributed by atoms with E-state index in [0.717, 1.165) is 0 Å². The zero-order valence-electron chi connectivity index (χ0n) is 17.2. The summed E-state index contributed by atoms with van der Waals surface area (Å²) in [6.07, 6.45) is 2.16. The second-order valence-electron chi connectivity index (χ2n) is 7.04. The van der Waals surface area contributed by atoms with Gasteiger partial charge in [-0.25, -0.2) is 0 Å². The van der Waals surface area contributed by atoms with Gasteiger partial charge in [0, 0.05) is 0 Å². The predicted octanol–water partition coefficient (Wildman–Crippen LogP) is -1.08. The van der Waals surface area contributed by atoms with Gasteiger partial charge < -0.3 is 30.8 Å². The van der Waals surface area contributed by atoms with Crippen LogP contribution >= 0.6 is 0 Å². The van der Waals surface area contributed by atoms with Crippen molar-refractivity contribution in [2.75, 3.05) is 45.8 Å². The second kappa shape index (κ2) is 16.0. The average molecular weight is 449 g/mol. The van der Waals surface area contributed by atoms with E-state index in [9.17, 15) is 29.1 Å². The molecule has 0 aromatic carbocycles. The van der Waals surface area contributed by atoms with Gasteiger partial charge in [-0.3, -0.25) is 33.8 Å². The van der Waals surface area contributed by atoms with Gasteiger partial charge in [0.2, 0.25) is 0 Å². The average Bonchev–Trinajstić information content (AvgIpc) is 2.60. The molecule has 0 aromatic rings. The highest BCUT2D eigenvalue weighted by Crippen LogP contribution is 2.05. The smallest absolute Gasteiger partial charge is 0.320 e. The van der Waals surface area contributed by atoms with Crippen LogP contribution in [0.4, 0.5) is 0 Å². The van der Waals surface area contributed by atoms with Crippen LogP contribution in [0.1, 0.15) is 32.1 Å². The molecule has 0 aliphatic rings. The molecule has 0 saturated heterocycles. The molecule has 13 heteroatoms. The first-order valence-electron chi connectivity index (χ1n) is 9.79. The maximum absolute atomic E-state index is 11.4. The Labute approximate surface area is 179 Å². The topological polar surface area (TPSA) is 205 Å². The summed E-state index contributed by atoms with van der Waals surface area (Å²) in [6.45, 7) is -0.790. The van der Waals surface area contributed by atoms with Gasteiger partial charge in [-0.05, 0) is 45.3 Å². The number of hydrogen-bond donors (Lipinski definition) is 6. The molecule has 6 N–H and O–H groups in total. The quantitative estimate of drug-likeness (QED) is 0.123. The maximum Gasteiger partial charge on any atom is 0.320 e. The summed E-state index contributed by atoms with van der Waals surface area (Å²) in [5, 5.41) is 47.3. The van der Waals surface area contributed by atoms with Gasteiger partial charge in [0.05, 0.1) is 26.2 Å². The molecule has 13 nitrogen and oxygen atoms in total. The highest BCUT2D eigenvalue weighted by atomic mass is 16.4. The van der Waals surface area contributed by atoms with Gasteiger partial charge >= 0.3 is 29.8 Å². The van der Waals surface area contributed by atoms with E-state index in [1.807, 2.05) is 0 Å². The lowest BCUT2D eigenvalue weighted by Crippen LogP contribution is -2.38. The summed E-state index contributed by atoms with van der Waals surface area (Å²) in [6, 6.07) is -0.832. The Morgan fingerprint density at radius 2 is 1.00 bits per heavy atom. The molecule has 0 saturated carbocycles. The number of hydrogen-bond acceptors (Lipinski definition) is 8. The molecule has 0 aliphatic carbocycles. The first-order chi connectivity index (χ1) is 14.5. The van der Waals surface area contributed by atoms with Crippen LogP contribution in [0.2, 0.25) is 0 Å². The van der Waals surface area contributed by atoms with E-state index in [4.69, 9.17) is 20.4 Å². The van der Waals surface area contributed by atoms with Gasteiger partial charge in [-0.15, -0.1) is 0 Å². The highest BCUT2D eigenvalue weighted by Gasteiger charge is 2.18. The minimum Gasteiger partial charge on any atom is -0.480 e. The molecule has 0 radical (unpaired) electrons. The fourth-order valence-electron chi connectivity index (χ4n) is 2.93. The van der Waals surface area contributed by atoms with Crippen molar-refractivity contribution < 1.29 is 49.5 Å². The Balaban J connectivity index is 4.24. The fraction of sp³-hybridized carbons (Fsp3) is 0.722. The van der Waals surface area contributed by atoms with Crippen LogP contribution in [0.5, 0.6) is 0 Å². The van der Waals surface area contributed by atoms with E-state index in [0.29, 0.717) is 32.2 Å². The SMILES string of the molecule is O=C(O)CN(CCCCNC(CCCCN(CC(=O)O)CC(=O)O)C(=O)O)CC(=O)O. The first kappa shape index (κ1) is 28.2. The van der Waals surface area contributed by atoms with Crippen LogP contribution in [0.15, 0.2) is 0 Å². The molecule has 0 amide bonds. The Hall–Kier alpha value is -2.77. The minimum absolute atomic E-state index is 0.216. The van der Waals surface area contributed by atoms with Gasteiger partial charge in [-0.2, -0.15) is 0 Å². The van der Waals surface area contributed by atoms with Gasteiger partial charge in [0.1, 0.15) is 6.04 Å². The standard InChI is InChI=1S/C18H31N3O10/c22-14(23)9-20(10-15(24)25)7-3-1-5-13(18(30)31)19-6-2-4-8-21(11-16(26)27)12-17(28)29/h13,19H,1-12H2,(H,22,23)(H,24,25)(H,26,27)(H,28,29)(H,30,31). The second-order valence-corrected chi connectivity index (χ2v) is 7.04. The van der Waals surface area contributed by atoms with Crippen molar-refractivity contribution in [3.05, 3.63) is 0 Å². The van der Waals surface area contributed by atoms with E-state index < -0.39 is 62.1 Å². The van der Waals surface area contributed by atoms with Crippen LogP contribution < -0.4 is 5.32 Å². The van der Waals surface area contributed by atoms with Crippen molar-refractivity contribution in [1.29, 1.82) is 0 Å². The fourth-order valence-corrected chi connectivity index (χ4v) is 2.93. The van der Waals surface area contributed by atoms with E-state index in [-0.39, 0.29) is 19.5 Å². The molecule has 0 aromatic heterocycles. The zero-order chi connectivity index (χ0) is 23.8. The lowest BCUT2D eigenvalue weighted by molar-refractivity contribution is -0.143. The monoisotopic (exact) mass is 449 g/mol. The van der Waals surface area contributed by atoms with E-state index in [1.165, 1.54) is 9.80 Å². The number of aliphatic carboxylic acids is 5. The first-order valence-corrected chi connectivity index (χ1v) is 9.79. The third-order valence-electron chi connectivity index (χ3n) is 4.24. The van der Waals surface area contributed by atoms with Crippen molar-refractivity contribution in [2.45, 2.75) is 38.1 Å². The number of carboxylic acids is 5. The number of rotatable bonds is 20. The highest BCUT2D eigenvalue weighted by molar-refractivity contribution is 5.73. The van der Waals surface area contributed by atoms with Gasteiger partial charge in [0.25, 0.3) is 0 Å². The molecule has 0 bridgehead atoms. The van der Waals surface area contributed by atoms with Crippen molar-refractivity contribution in [3.63, 3.8) is 0 Å². The van der Waals surface area contributed by atoms with E-state index >= 15 is 0 Å². The van der Waals surface area contributed by atoms with Crippen LogP contribution in [0.25, 0.3) is 0 Å². The molecule has 31 heavy (non-hydrogen) atoms. The van der Waals surface area contributed by atoms with Crippen LogP contribution in [0, 0.1) is 0 Å². The third-order valence-corrected chi connectivity index (χ3v) is 4.24. The lowest BCUT2D eigenvalue weighted by atomic mass is 10.1. The van der Waals surface area contributed by atoms with Crippen LogP contribution in [-0.2, 0) is 24.0 Å². The summed E-state index contributed by atoms with van der Waals surface area (Å²) < 4.78 is 0. The molecule has 0 rings (SSSR count). The molecule has 0 heterocycles. The number of carbonyl (C=O) groups is 5. The van der Waals surface area contributed by atoms with Gasteiger partial charge in [-0.1, -0.05) is 6.42 Å². The summed E-state index contributed by atoms with van der Waals surface area (Å²) in [4.78, 5) is 56.9. The Kier molecular flexibility index (Phi) is 14.6. The Morgan fingerprint density at radius 1 is 0.613 bits per heavy atom.